The predicted molar refractivity (Wildman–Crippen MR) is 176 cm³/mol. The van der Waals surface area contributed by atoms with E-state index in [9.17, 15) is 14.3 Å². The van der Waals surface area contributed by atoms with Crippen molar-refractivity contribution >= 4 is 27.3 Å². The van der Waals surface area contributed by atoms with Gasteiger partial charge in [-0.15, -0.1) is 34.9 Å². The topological polar surface area (TPSA) is 50.2 Å². The maximum Gasteiger partial charge on any atom is 0.164 e. The number of hydrogen-bond acceptors (Lipinski definition) is 3. The van der Waals surface area contributed by atoms with Crippen LogP contribution in [0.5, 0.6) is 0 Å². The molecule has 0 atom stereocenters. The van der Waals surface area contributed by atoms with Crippen molar-refractivity contribution < 1.29 is 34.4 Å². The van der Waals surface area contributed by atoms with Gasteiger partial charge in [0.05, 0.1) is 0 Å². The van der Waals surface area contributed by atoms with E-state index in [1.54, 1.807) is 13.0 Å². The summed E-state index contributed by atoms with van der Waals surface area (Å²) in [5, 5.41) is 13.8. The number of rotatable bonds is 6. The molecule has 4 rings (SSSR count). The van der Waals surface area contributed by atoms with Crippen LogP contribution >= 0.6 is 0 Å². The van der Waals surface area contributed by atoms with Gasteiger partial charge in [-0.3, -0.25) is 4.79 Å². The van der Waals surface area contributed by atoms with Crippen molar-refractivity contribution in [3.8, 4) is 11.3 Å². The molecule has 0 amide bonds. The molecule has 1 radical (unpaired) electrons. The molecule has 0 unspecified atom stereocenters. The number of aromatic nitrogens is 1. The first-order valence-corrected chi connectivity index (χ1v) is 14.9. The number of aryl methyl sites for hydroxylation is 2. The van der Waals surface area contributed by atoms with Crippen LogP contribution in [-0.2, 0) is 30.3 Å². The Morgan fingerprint density at radius 2 is 1.51 bits per heavy atom. The summed E-state index contributed by atoms with van der Waals surface area (Å²) in [6.45, 7) is 22.1. The summed E-state index contributed by atoms with van der Waals surface area (Å²) in [7, 11) is 0. The fourth-order valence-electron chi connectivity index (χ4n) is 4.49. The maximum atomic E-state index is 14.2. The number of aliphatic hydroxyl groups excluding tert-OH is 1. The van der Waals surface area contributed by atoms with Crippen LogP contribution in [-0.4, -0.2) is 15.9 Å². The molecule has 1 N–H and O–H groups in total. The van der Waals surface area contributed by atoms with Gasteiger partial charge in [0.1, 0.15) is 11.6 Å². The van der Waals surface area contributed by atoms with Gasteiger partial charge in [-0.05, 0) is 76.2 Å². The third-order valence-electron chi connectivity index (χ3n) is 8.56. The van der Waals surface area contributed by atoms with Gasteiger partial charge in [-0.25, -0.2) is 4.39 Å². The Kier molecular flexibility index (Phi) is 11.7. The minimum absolute atomic E-state index is 0. The SMILES string of the molecule is CCC(C)(C)C(=O)/C=C(\O)C(C)(C)CC.Cc1[c-]c(-c2nccc3c2ccc2cc(C)c(F)cc23)cc(C(C)(C)C)c1.[Ir]. The number of carbonyl (C=O) groups excluding carboxylic acids is 1. The van der Waals surface area contributed by atoms with Gasteiger partial charge in [0, 0.05) is 43.2 Å². The van der Waals surface area contributed by atoms with Gasteiger partial charge in [-0.2, -0.15) is 0 Å². The second-order valence-electron chi connectivity index (χ2n) is 13.7. The zero-order valence-electron chi connectivity index (χ0n) is 27.6. The van der Waals surface area contributed by atoms with Crippen molar-refractivity contribution in [3.63, 3.8) is 0 Å². The first-order chi connectivity index (χ1) is 19.4. The van der Waals surface area contributed by atoms with Gasteiger partial charge in [0.15, 0.2) is 5.78 Å². The molecule has 0 saturated heterocycles. The summed E-state index contributed by atoms with van der Waals surface area (Å²) in [5.74, 6) is 0.0195. The molecule has 5 heteroatoms. The molecule has 43 heavy (non-hydrogen) atoms. The molecule has 4 aromatic rings. The molecule has 1 aromatic heterocycles. The van der Waals surface area contributed by atoms with E-state index >= 15 is 0 Å². The number of hydrogen-bond donors (Lipinski definition) is 1. The predicted octanol–water partition coefficient (Wildman–Crippen LogP) is 10.8. The quantitative estimate of drug-likeness (QED) is 0.0922. The number of allylic oxidation sites excluding steroid dienone is 2. The standard InChI is InChI=1S/C25H23FN.C13H24O2.Ir/c1-15-10-18(13-19(11-15)25(3,4)5)24-21-7-6-17-12-16(2)23(26)14-22(17)20(21)8-9-27-24;1-7-12(3,4)10(14)9-11(15)13(5,6)8-2;/h6-9,11-14H,1-5H3;9,14H,7-8H2,1-6H3;/q-1;;/b;10-9-;. The van der Waals surface area contributed by atoms with Crippen molar-refractivity contribution in [2.75, 3.05) is 0 Å². The van der Waals surface area contributed by atoms with Gasteiger partial charge in [-0.1, -0.05) is 81.4 Å². The molecule has 233 valence electrons. The van der Waals surface area contributed by atoms with Crippen molar-refractivity contribution in [1.29, 1.82) is 0 Å². The van der Waals surface area contributed by atoms with Crippen LogP contribution in [0.4, 0.5) is 4.39 Å². The van der Waals surface area contributed by atoms with Gasteiger partial charge < -0.3 is 10.1 Å². The zero-order chi connectivity index (χ0) is 31.6. The maximum absolute atomic E-state index is 14.2. The molecular formula is C38H47FIrNO2-. The van der Waals surface area contributed by atoms with Crippen molar-refractivity contribution in [2.45, 2.75) is 94.4 Å². The summed E-state index contributed by atoms with van der Waals surface area (Å²) >= 11 is 0. The Labute approximate surface area is 271 Å². The van der Waals surface area contributed by atoms with Gasteiger partial charge >= 0.3 is 0 Å². The molecule has 0 fully saturated rings. The molecule has 0 aliphatic carbocycles. The minimum Gasteiger partial charge on any atom is -0.512 e. The van der Waals surface area contributed by atoms with E-state index in [-0.39, 0.29) is 53.7 Å². The van der Waals surface area contributed by atoms with Crippen LogP contribution in [0.25, 0.3) is 32.8 Å². The van der Waals surface area contributed by atoms with Gasteiger partial charge in [0.25, 0.3) is 0 Å². The van der Waals surface area contributed by atoms with Crippen LogP contribution in [0.15, 0.2) is 60.5 Å². The number of ketones is 1. The molecular weight excluding hydrogens is 714 g/mol. The molecule has 0 aliphatic heterocycles. The number of fused-ring (bicyclic) bond motifs is 3. The molecule has 3 nitrogen and oxygen atoms in total. The zero-order valence-corrected chi connectivity index (χ0v) is 30.0. The average molecular weight is 761 g/mol. The van der Waals surface area contributed by atoms with Crippen LogP contribution in [0.1, 0.15) is 91.8 Å². The number of nitrogens with zero attached hydrogens (tertiary/aromatic N) is 1. The Bertz CT molecular complexity index is 1640. The van der Waals surface area contributed by atoms with E-state index < -0.39 is 0 Å². The van der Waals surface area contributed by atoms with Crippen molar-refractivity contribution in [1.82, 2.24) is 4.98 Å². The fourth-order valence-corrected chi connectivity index (χ4v) is 4.49. The van der Waals surface area contributed by atoms with E-state index in [0.717, 1.165) is 51.2 Å². The Morgan fingerprint density at radius 1 is 0.884 bits per heavy atom. The number of pyridine rings is 1. The van der Waals surface area contributed by atoms with Crippen molar-refractivity contribution in [3.05, 3.63) is 89.1 Å². The van der Waals surface area contributed by atoms with Crippen LogP contribution < -0.4 is 0 Å². The fraction of sp³-hybridized carbons (Fsp3) is 0.421. The average Bonchev–Trinajstić information content (AvgIpc) is 2.92. The molecule has 0 aliphatic rings. The van der Waals surface area contributed by atoms with E-state index in [2.05, 4.69) is 63.0 Å². The van der Waals surface area contributed by atoms with Crippen molar-refractivity contribution in [2.24, 2.45) is 10.8 Å². The third kappa shape index (κ3) is 8.40. The van der Waals surface area contributed by atoms with Crippen LogP contribution in [0.3, 0.4) is 0 Å². The Morgan fingerprint density at radius 3 is 2.09 bits per heavy atom. The molecule has 0 saturated carbocycles. The number of benzene rings is 3. The minimum atomic E-state index is -0.377. The van der Waals surface area contributed by atoms with Gasteiger partial charge in [0.2, 0.25) is 0 Å². The summed E-state index contributed by atoms with van der Waals surface area (Å²) < 4.78 is 14.2. The number of aliphatic hydroxyl groups is 1. The summed E-state index contributed by atoms with van der Waals surface area (Å²) in [5.41, 5.74) is 4.26. The van der Waals surface area contributed by atoms with E-state index in [1.807, 2.05) is 59.9 Å². The second kappa shape index (κ2) is 13.8. The summed E-state index contributed by atoms with van der Waals surface area (Å²) in [6.07, 6.45) is 4.80. The Balaban J connectivity index is 0.000000348. The molecule has 3 aromatic carbocycles. The Hall–Kier alpha value is -2.88. The molecule has 0 bridgehead atoms. The van der Waals surface area contributed by atoms with E-state index in [1.165, 1.54) is 11.6 Å². The smallest absolute Gasteiger partial charge is 0.164 e. The summed E-state index contributed by atoms with van der Waals surface area (Å²) in [4.78, 5) is 16.5. The first kappa shape index (κ1) is 36.3. The van der Waals surface area contributed by atoms with Crippen LogP contribution in [0.2, 0.25) is 0 Å². The monoisotopic (exact) mass is 761 g/mol. The largest absolute Gasteiger partial charge is 0.512 e. The van der Waals surface area contributed by atoms with Crippen LogP contribution in [0, 0.1) is 36.6 Å². The van der Waals surface area contributed by atoms with E-state index in [4.69, 9.17) is 0 Å². The number of halogens is 1. The van der Waals surface area contributed by atoms with E-state index in [0.29, 0.717) is 5.56 Å². The molecule has 0 spiro atoms. The number of carbonyl (C=O) groups is 1. The summed E-state index contributed by atoms with van der Waals surface area (Å²) in [6, 6.07) is 17.5. The molecule has 1 heterocycles. The second-order valence-corrected chi connectivity index (χ2v) is 13.7. The first-order valence-electron chi connectivity index (χ1n) is 14.9. The third-order valence-corrected chi connectivity index (χ3v) is 8.56. The normalized spacial score (nSPS) is 12.5.